The Bertz CT molecular complexity index is 119. The summed E-state index contributed by atoms with van der Waals surface area (Å²) in [5.41, 5.74) is 5.20. The molecule has 0 bridgehead atoms. The first kappa shape index (κ1) is 19.0. The van der Waals surface area contributed by atoms with Gasteiger partial charge in [0, 0.05) is 0 Å². The minimum Gasteiger partial charge on any atom is -0.465 e. The van der Waals surface area contributed by atoms with Crippen LogP contribution in [0.25, 0.3) is 0 Å². The molecule has 0 radical (unpaired) electrons. The number of hydrogen-bond donors (Lipinski definition) is 2. The predicted molar refractivity (Wildman–Crippen MR) is 60.6 cm³/mol. The van der Waals surface area contributed by atoms with Crippen molar-refractivity contribution in [3.05, 3.63) is 0 Å². The number of halogens is 2. The van der Waals surface area contributed by atoms with Crippen LogP contribution in [-0.4, -0.2) is 31.9 Å². The molecule has 7 heteroatoms. The van der Waals surface area contributed by atoms with Crippen LogP contribution in [0.2, 0.25) is 0 Å². The number of nitrogens with one attached hydrogen (secondary N) is 1. The number of carbonyl (C=O) groups is 1. The van der Waals surface area contributed by atoms with Gasteiger partial charge in [0.25, 0.3) is 0 Å². The Labute approximate surface area is 95.3 Å². The Morgan fingerprint density at radius 2 is 2.15 bits per heavy atom. The molecule has 3 N–H and O–H groups in total. The van der Waals surface area contributed by atoms with Crippen molar-refractivity contribution in [1.29, 1.82) is 0 Å². The molecule has 82 valence electrons. The lowest BCUT2D eigenvalue weighted by Crippen LogP contribution is -2.20. The summed E-state index contributed by atoms with van der Waals surface area (Å²) in [7, 11) is 0. The fourth-order valence-corrected chi connectivity index (χ4v) is 0.714. The molecule has 0 aromatic rings. The zero-order valence-electron chi connectivity index (χ0n) is 7.45. The van der Waals surface area contributed by atoms with Gasteiger partial charge in [0.1, 0.15) is 6.54 Å². The van der Waals surface area contributed by atoms with Crippen molar-refractivity contribution in [2.45, 2.75) is 6.42 Å². The van der Waals surface area contributed by atoms with Crippen molar-refractivity contribution in [1.82, 2.24) is 4.72 Å². The third-order valence-electron chi connectivity index (χ3n) is 0.972. The summed E-state index contributed by atoms with van der Waals surface area (Å²) >= 11 is 1.39. The second kappa shape index (κ2) is 14.8. The van der Waals surface area contributed by atoms with Crippen LogP contribution in [0.15, 0.2) is 0 Å². The maximum absolute atomic E-state index is 10.7. The van der Waals surface area contributed by atoms with Gasteiger partial charge in [-0.25, -0.2) is 0 Å². The van der Waals surface area contributed by atoms with E-state index in [0.717, 1.165) is 6.42 Å². The second-order valence-electron chi connectivity index (χ2n) is 1.89. The predicted octanol–water partition coefficient (Wildman–Crippen LogP) is 0.590. The molecule has 0 aliphatic carbocycles. The molecular formula is C6H16Cl2N2O2S. The van der Waals surface area contributed by atoms with Crippen LogP contribution in [0.3, 0.4) is 0 Å². The van der Waals surface area contributed by atoms with Crippen molar-refractivity contribution < 1.29 is 9.53 Å². The van der Waals surface area contributed by atoms with Gasteiger partial charge in [0.15, 0.2) is 0 Å². The van der Waals surface area contributed by atoms with Gasteiger partial charge < -0.3 is 10.5 Å². The SMILES string of the molecule is CSNCC(=O)OCCCN.Cl.Cl. The first-order chi connectivity index (χ1) is 5.31. The average molecular weight is 251 g/mol. The fourth-order valence-electron chi connectivity index (χ4n) is 0.451. The van der Waals surface area contributed by atoms with Crippen LogP contribution in [0.5, 0.6) is 0 Å². The highest BCUT2D eigenvalue weighted by Gasteiger charge is 1.99. The van der Waals surface area contributed by atoms with Crippen LogP contribution in [0.1, 0.15) is 6.42 Å². The fraction of sp³-hybridized carbons (Fsp3) is 0.833. The zero-order valence-corrected chi connectivity index (χ0v) is 9.90. The molecule has 13 heavy (non-hydrogen) atoms. The van der Waals surface area contributed by atoms with E-state index in [2.05, 4.69) is 4.72 Å². The van der Waals surface area contributed by atoms with E-state index >= 15 is 0 Å². The highest BCUT2D eigenvalue weighted by atomic mass is 35.5. The number of carbonyl (C=O) groups excluding carboxylic acids is 1. The summed E-state index contributed by atoms with van der Waals surface area (Å²) in [5.74, 6) is -0.229. The third kappa shape index (κ3) is 15.1. The Morgan fingerprint density at radius 3 is 2.62 bits per heavy atom. The van der Waals surface area contributed by atoms with E-state index in [0.29, 0.717) is 13.2 Å². The molecule has 0 unspecified atom stereocenters. The highest BCUT2D eigenvalue weighted by Crippen LogP contribution is 1.84. The lowest BCUT2D eigenvalue weighted by molar-refractivity contribution is -0.142. The normalized spacial score (nSPS) is 8.15. The lowest BCUT2D eigenvalue weighted by atomic mass is 10.5. The van der Waals surface area contributed by atoms with Crippen LogP contribution in [0, 0.1) is 0 Å². The number of esters is 1. The van der Waals surface area contributed by atoms with E-state index < -0.39 is 0 Å². The Balaban J connectivity index is -0.000000500. The lowest BCUT2D eigenvalue weighted by Gasteiger charge is -2.02. The summed E-state index contributed by atoms with van der Waals surface area (Å²) in [4.78, 5) is 10.7. The molecule has 0 heterocycles. The van der Waals surface area contributed by atoms with E-state index in [1.807, 2.05) is 6.26 Å². The van der Waals surface area contributed by atoms with Gasteiger partial charge in [0.05, 0.1) is 6.61 Å². The molecule has 0 spiro atoms. The number of hydrogen-bond acceptors (Lipinski definition) is 5. The van der Waals surface area contributed by atoms with Gasteiger partial charge >= 0.3 is 5.97 Å². The summed E-state index contributed by atoms with van der Waals surface area (Å²) in [6.45, 7) is 1.24. The summed E-state index contributed by atoms with van der Waals surface area (Å²) in [6, 6.07) is 0. The van der Waals surface area contributed by atoms with Crippen LogP contribution in [0.4, 0.5) is 0 Å². The summed E-state index contributed by atoms with van der Waals surface area (Å²) in [5, 5.41) is 0. The second-order valence-corrected chi connectivity index (χ2v) is 2.58. The zero-order chi connectivity index (χ0) is 8.53. The Hall–Kier alpha value is 0.320. The van der Waals surface area contributed by atoms with E-state index in [1.165, 1.54) is 11.9 Å². The van der Waals surface area contributed by atoms with Crippen LogP contribution < -0.4 is 10.5 Å². The molecule has 0 saturated carbocycles. The van der Waals surface area contributed by atoms with Gasteiger partial charge in [-0.1, -0.05) is 11.9 Å². The number of nitrogens with two attached hydrogens (primary N) is 1. The van der Waals surface area contributed by atoms with Crippen molar-refractivity contribution in [3.8, 4) is 0 Å². The summed E-state index contributed by atoms with van der Waals surface area (Å²) in [6.07, 6.45) is 2.58. The average Bonchev–Trinajstić information content (AvgIpc) is 2.01. The maximum atomic E-state index is 10.7. The van der Waals surface area contributed by atoms with Gasteiger partial charge in [-0.2, -0.15) is 0 Å². The molecule has 0 aliphatic rings. The van der Waals surface area contributed by atoms with Crippen molar-refractivity contribution in [2.24, 2.45) is 5.73 Å². The van der Waals surface area contributed by atoms with Gasteiger partial charge in [-0.15, -0.1) is 24.8 Å². The van der Waals surface area contributed by atoms with Crippen molar-refractivity contribution in [2.75, 3.05) is 26.0 Å². The van der Waals surface area contributed by atoms with E-state index in [4.69, 9.17) is 10.5 Å². The molecule has 0 saturated heterocycles. The highest BCUT2D eigenvalue weighted by molar-refractivity contribution is 7.96. The number of rotatable bonds is 6. The van der Waals surface area contributed by atoms with Crippen LogP contribution >= 0.6 is 36.8 Å². The molecule has 0 aromatic carbocycles. The molecule has 0 fully saturated rings. The minimum atomic E-state index is -0.229. The molecule has 4 nitrogen and oxygen atoms in total. The number of ether oxygens (including phenoxy) is 1. The quantitative estimate of drug-likeness (QED) is 0.411. The minimum absolute atomic E-state index is 0. The molecule has 0 aromatic heterocycles. The maximum Gasteiger partial charge on any atom is 0.320 e. The monoisotopic (exact) mass is 250 g/mol. The Morgan fingerprint density at radius 1 is 1.54 bits per heavy atom. The topological polar surface area (TPSA) is 64.3 Å². The smallest absolute Gasteiger partial charge is 0.320 e. The first-order valence-corrected chi connectivity index (χ1v) is 4.65. The van der Waals surface area contributed by atoms with E-state index in [9.17, 15) is 4.79 Å². The van der Waals surface area contributed by atoms with E-state index in [1.54, 1.807) is 0 Å². The molecule has 0 atom stereocenters. The molecule has 0 amide bonds. The largest absolute Gasteiger partial charge is 0.465 e. The first-order valence-electron chi connectivity index (χ1n) is 3.42. The van der Waals surface area contributed by atoms with Gasteiger partial charge in [0.2, 0.25) is 0 Å². The standard InChI is InChI=1S/C6H14N2O2S.2ClH/c1-11-8-5-6(9)10-4-2-3-7;;/h8H,2-5,7H2,1H3;2*1H. The van der Waals surface area contributed by atoms with Gasteiger partial charge in [-0.3, -0.25) is 9.52 Å². The van der Waals surface area contributed by atoms with Crippen LogP contribution in [-0.2, 0) is 9.53 Å². The molecule has 0 rings (SSSR count). The van der Waals surface area contributed by atoms with Crippen molar-refractivity contribution in [3.63, 3.8) is 0 Å². The van der Waals surface area contributed by atoms with Crippen molar-refractivity contribution >= 4 is 42.7 Å². The summed E-state index contributed by atoms with van der Waals surface area (Å²) < 4.78 is 7.58. The molecular weight excluding hydrogens is 235 g/mol. The van der Waals surface area contributed by atoms with E-state index in [-0.39, 0.29) is 37.3 Å². The van der Waals surface area contributed by atoms with Gasteiger partial charge in [-0.05, 0) is 19.2 Å². The molecule has 0 aliphatic heterocycles. The Kier molecular flexibility index (Phi) is 21.6. The third-order valence-corrected chi connectivity index (χ3v) is 1.41.